The number of sulfone groups is 1. The number of nitrogens with zero attached hydrogens (tertiary/aromatic N) is 1. The van der Waals surface area contributed by atoms with E-state index in [9.17, 15) is 16.8 Å². The number of rotatable bonds is 6. The molecule has 0 radical (unpaired) electrons. The van der Waals surface area contributed by atoms with Gasteiger partial charge in [0.1, 0.15) is 11.5 Å². The summed E-state index contributed by atoms with van der Waals surface area (Å²) >= 11 is 5.91. The van der Waals surface area contributed by atoms with E-state index in [1.54, 1.807) is 36.4 Å². The van der Waals surface area contributed by atoms with Crippen LogP contribution in [0.5, 0.6) is 0 Å². The fraction of sp³-hybridized carbons (Fsp3) is 0.200. The summed E-state index contributed by atoms with van der Waals surface area (Å²) in [7, 11) is -7.27. The highest BCUT2D eigenvalue weighted by Gasteiger charge is 2.43. The summed E-state index contributed by atoms with van der Waals surface area (Å²) < 4.78 is 57.1. The third kappa shape index (κ3) is 4.11. The maximum Gasteiger partial charge on any atom is 0.243 e. The summed E-state index contributed by atoms with van der Waals surface area (Å²) in [4.78, 5) is 0.131. The SMILES string of the molecule is O=S(=O)(Cc1ccco1)C1CN(S(=O)(=O)c2cccc(-c3ccc(Cl)cc3)c2)C1. The van der Waals surface area contributed by atoms with Crippen molar-refractivity contribution in [2.45, 2.75) is 15.9 Å². The Bertz CT molecular complexity index is 1210. The third-order valence-corrected chi connectivity index (χ3v) is 8.98. The molecule has 0 atom stereocenters. The second-order valence-corrected chi connectivity index (χ2v) is 11.5. The van der Waals surface area contributed by atoms with Gasteiger partial charge in [0.2, 0.25) is 10.0 Å². The van der Waals surface area contributed by atoms with Gasteiger partial charge in [-0.25, -0.2) is 16.8 Å². The van der Waals surface area contributed by atoms with E-state index in [-0.39, 0.29) is 23.7 Å². The van der Waals surface area contributed by atoms with E-state index >= 15 is 0 Å². The van der Waals surface area contributed by atoms with Crippen LogP contribution in [-0.4, -0.2) is 39.5 Å². The molecule has 152 valence electrons. The second-order valence-electron chi connectivity index (χ2n) is 6.87. The van der Waals surface area contributed by atoms with Gasteiger partial charge in [0, 0.05) is 18.1 Å². The quantitative estimate of drug-likeness (QED) is 0.571. The van der Waals surface area contributed by atoms with Crippen molar-refractivity contribution in [2.24, 2.45) is 0 Å². The molecular weight excluding hydrogens is 434 g/mol. The molecule has 29 heavy (non-hydrogen) atoms. The van der Waals surface area contributed by atoms with Gasteiger partial charge in [0.25, 0.3) is 0 Å². The molecule has 1 fully saturated rings. The first-order valence-corrected chi connectivity index (χ1v) is 12.4. The van der Waals surface area contributed by atoms with Crippen LogP contribution < -0.4 is 0 Å². The van der Waals surface area contributed by atoms with Crippen molar-refractivity contribution in [1.29, 1.82) is 0 Å². The van der Waals surface area contributed by atoms with Gasteiger partial charge in [0.15, 0.2) is 9.84 Å². The molecule has 2 heterocycles. The van der Waals surface area contributed by atoms with Crippen molar-refractivity contribution in [3.8, 4) is 11.1 Å². The van der Waals surface area contributed by atoms with Gasteiger partial charge >= 0.3 is 0 Å². The summed E-state index contributed by atoms with van der Waals surface area (Å²) in [5.74, 6) is 0.118. The lowest BCUT2D eigenvalue weighted by molar-refractivity contribution is 0.309. The summed E-state index contributed by atoms with van der Waals surface area (Å²) in [6, 6.07) is 16.9. The molecule has 1 aliphatic rings. The average molecular weight is 452 g/mol. The monoisotopic (exact) mass is 451 g/mol. The molecule has 1 saturated heterocycles. The molecule has 0 saturated carbocycles. The molecule has 6 nitrogen and oxygen atoms in total. The zero-order chi connectivity index (χ0) is 20.6. The first kappa shape index (κ1) is 20.2. The lowest BCUT2D eigenvalue weighted by atomic mass is 10.1. The van der Waals surface area contributed by atoms with Crippen LogP contribution in [0.4, 0.5) is 0 Å². The standard InChI is InChI=1S/C20H18ClNO5S2/c21-17-8-6-15(7-9-17)16-3-1-5-19(11-16)29(25,26)22-12-20(13-22)28(23,24)14-18-4-2-10-27-18/h1-11,20H,12-14H2. The topological polar surface area (TPSA) is 84.7 Å². The van der Waals surface area contributed by atoms with Gasteiger partial charge in [-0.1, -0.05) is 35.9 Å². The van der Waals surface area contributed by atoms with E-state index in [0.717, 1.165) is 11.1 Å². The fourth-order valence-corrected chi connectivity index (χ4v) is 6.66. The van der Waals surface area contributed by atoms with Crippen LogP contribution in [0.3, 0.4) is 0 Å². The molecular formula is C20H18ClNO5S2. The number of halogens is 1. The maximum absolute atomic E-state index is 12.9. The average Bonchev–Trinajstić information content (AvgIpc) is 3.13. The number of hydrogen-bond donors (Lipinski definition) is 0. The highest BCUT2D eigenvalue weighted by Crippen LogP contribution is 2.30. The number of benzene rings is 2. The summed E-state index contributed by atoms with van der Waals surface area (Å²) in [5.41, 5.74) is 1.58. The molecule has 3 aromatic rings. The fourth-order valence-electron chi connectivity index (χ4n) is 3.16. The Morgan fingerprint density at radius 1 is 0.931 bits per heavy atom. The predicted molar refractivity (Wildman–Crippen MR) is 111 cm³/mol. The zero-order valence-electron chi connectivity index (χ0n) is 15.2. The molecule has 0 aliphatic carbocycles. The van der Waals surface area contributed by atoms with Crippen LogP contribution in [-0.2, 0) is 25.6 Å². The van der Waals surface area contributed by atoms with Crippen molar-refractivity contribution >= 4 is 31.5 Å². The van der Waals surface area contributed by atoms with Crippen LogP contribution in [0, 0.1) is 0 Å². The Kier molecular flexibility index (Phi) is 5.29. The molecule has 2 aromatic carbocycles. The lowest BCUT2D eigenvalue weighted by Gasteiger charge is -2.37. The summed E-state index contributed by atoms with van der Waals surface area (Å²) in [5, 5.41) is -0.137. The highest BCUT2D eigenvalue weighted by molar-refractivity contribution is 7.92. The number of hydrogen-bond acceptors (Lipinski definition) is 5. The lowest BCUT2D eigenvalue weighted by Crippen LogP contribution is -2.56. The van der Waals surface area contributed by atoms with Crippen LogP contribution in [0.2, 0.25) is 5.02 Å². The van der Waals surface area contributed by atoms with Gasteiger partial charge in [-0.2, -0.15) is 4.31 Å². The zero-order valence-corrected chi connectivity index (χ0v) is 17.6. The van der Waals surface area contributed by atoms with Crippen molar-refractivity contribution in [3.63, 3.8) is 0 Å². The van der Waals surface area contributed by atoms with Crippen LogP contribution in [0.1, 0.15) is 5.76 Å². The van der Waals surface area contributed by atoms with Crippen molar-refractivity contribution in [1.82, 2.24) is 4.31 Å². The normalized spacial score (nSPS) is 15.9. The van der Waals surface area contributed by atoms with E-state index in [4.69, 9.17) is 16.0 Å². The Hall–Kier alpha value is -2.13. The van der Waals surface area contributed by atoms with Crippen LogP contribution in [0.15, 0.2) is 76.2 Å². The predicted octanol–water partition coefficient (Wildman–Crippen LogP) is 3.59. The van der Waals surface area contributed by atoms with Gasteiger partial charge in [-0.05, 0) is 47.5 Å². The summed E-state index contributed by atoms with van der Waals surface area (Å²) in [6.45, 7) is -0.118. The number of sulfonamides is 1. The Labute approximate surface area is 174 Å². The molecule has 1 aliphatic heterocycles. The van der Waals surface area contributed by atoms with E-state index in [1.807, 2.05) is 18.2 Å². The van der Waals surface area contributed by atoms with Gasteiger partial charge in [-0.3, -0.25) is 0 Å². The molecule has 0 unspecified atom stereocenters. The van der Waals surface area contributed by atoms with Crippen molar-refractivity contribution in [2.75, 3.05) is 13.1 Å². The van der Waals surface area contributed by atoms with E-state index in [1.165, 1.54) is 16.6 Å². The minimum absolute atomic E-state index is 0.0590. The molecule has 0 bridgehead atoms. The molecule has 1 aromatic heterocycles. The summed E-state index contributed by atoms with van der Waals surface area (Å²) in [6.07, 6.45) is 1.41. The molecule has 0 N–H and O–H groups in total. The van der Waals surface area contributed by atoms with Crippen molar-refractivity contribution < 1.29 is 21.3 Å². The first-order valence-electron chi connectivity index (χ1n) is 8.86. The van der Waals surface area contributed by atoms with Gasteiger partial charge < -0.3 is 4.42 Å². The van der Waals surface area contributed by atoms with E-state index in [0.29, 0.717) is 10.8 Å². The molecule has 0 spiro atoms. The Morgan fingerprint density at radius 2 is 1.66 bits per heavy atom. The first-order chi connectivity index (χ1) is 13.8. The van der Waals surface area contributed by atoms with Crippen molar-refractivity contribution in [3.05, 3.63) is 77.7 Å². The third-order valence-electron chi connectivity index (χ3n) is 4.90. The van der Waals surface area contributed by atoms with Gasteiger partial charge in [-0.15, -0.1) is 0 Å². The van der Waals surface area contributed by atoms with E-state index < -0.39 is 25.1 Å². The van der Waals surface area contributed by atoms with Crippen LogP contribution in [0.25, 0.3) is 11.1 Å². The van der Waals surface area contributed by atoms with E-state index in [2.05, 4.69) is 0 Å². The number of furan rings is 1. The second kappa shape index (κ2) is 7.60. The smallest absolute Gasteiger partial charge is 0.243 e. The van der Waals surface area contributed by atoms with Gasteiger partial charge in [0.05, 0.1) is 16.4 Å². The minimum atomic E-state index is -3.78. The molecule has 9 heteroatoms. The Balaban J connectivity index is 1.50. The maximum atomic E-state index is 12.9. The highest BCUT2D eigenvalue weighted by atomic mass is 35.5. The largest absolute Gasteiger partial charge is 0.468 e. The Morgan fingerprint density at radius 3 is 2.31 bits per heavy atom. The molecule has 0 amide bonds. The molecule has 4 rings (SSSR count). The van der Waals surface area contributed by atoms with Crippen LogP contribution >= 0.6 is 11.6 Å². The minimum Gasteiger partial charge on any atom is -0.468 e.